The number of piperazine rings is 1. The lowest BCUT2D eigenvalue weighted by Crippen LogP contribution is -2.49. The third kappa shape index (κ3) is 3.77. The topological polar surface area (TPSA) is 65.1 Å². The molecule has 1 aliphatic rings. The maximum Gasteiger partial charge on any atom is 0.233 e. The highest BCUT2D eigenvalue weighted by molar-refractivity contribution is 9.10. The standard InChI is InChI=1S/C22H20BrN5OS/c23-15-6-7-18-17(12-15)20-21(26-18)22(25-14-24-20)30-13-19(29)28-10-8-27(9-11-28)16-4-2-1-3-5-16/h1-7,12,14,26H,8-11,13H2. The molecule has 6 nitrogen and oxygen atoms in total. The van der Waals surface area contributed by atoms with Gasteiger partial charge in [-0.2, -0.15) is 0 Å². The smallest absolute Gasteiger partial charge is 0.233 e. The molecule has 0 saturated carbocycles. The van der Waals surface area contributed by atoms with E-state index in [1.165, 1.54) is 17.4 Å². The van der Waals surface area contributed by atoms with E-state index < -0.39 is 0 Å². The van der Waals surface area contributed by atoms with Crippen LogP contribution in [0.1, 0.15) is 0 Å². The third-order valence-corrected chi connectivity index (χ3v) is 6.86. The lowest BCUT2D eigenvalue weighted by atomic mass is 10.2. The Morgan fingerprint density at radius 2 is 1.87 bits per heavy atom. The number of fused-ring (bicyclic) bond motifs is 3. The summed E-state index contributed by atoms with van der Waals surface area (Å²) in [4.78, 5) is 29.3. The van der Waals surface area contributed by atoms with Gasteiger partial charge in [0, 0.05) is 47.2 Å². The molecule has 0 radical (unpaired) electrons. The largest absolute Gasteiger partial charge is 0.368 e. The average Bonchev–Trinajstić information content (AvgIpc) is 3.16. The van der Waals surface area contributed by atoms with Crippen molar-refractivity contribution in [2.45, 2.75) is 5.03 Å². The van der Waals surface area contributed by atoms with Crippen molar-refractivity contribution in [3.8, 4) is 0 Å². The van der Waals surface area contributed by atoms with E-state index in [-0.39, 0.29) is 5.91 Å². The molecule has 0 spiro atoms. The molecule has 1 aliphatic heterocycles. The van der Waals surface area contributed by atoms with Crippen LogP contribution < -0.4 is 4.90 Å². The summed E-state index contributed by atoms with van der Waals surface area (Å²) in [6.07, 6.45) is 1.57. The summed E-state index contributed by atoms with van der Waals surface area (Å²) in [7, 11) is 0. The number of nitrogens with zero attached hydrogens (tertiary/aromatic N) is 4. The lowest BCUT2D eigenvalue weighted by Gasteiger charge is -2.36. The molecule has 8 heteroatoms. The van der Waals surface area contributed by atoms with E-state index in [0.29, 0.717) is 5.75 Å². The van der Waals surface area contributed by atoms with Gasteiger partial charge in [0.2, 0.25) is 5.91 Å². The van der Waals surface area contributed by atoms with E-state index >= 15 is 0 Å². The van der Waals surface area contributed by atoms with Gasteiger partial charge >= 0.3 is 0 Å². The minimum Gasteiger partial charge on any atom is -0.368 e. The summed E-state index contributed by atoms with van der Waals surface area (Å²) in [5, 5.41) is 1.86. The van der Waals surface area contributed by atoms with Gasteiger partial charge in [-0.3, -0.25) is 4.79 Å². The first-order valence-electron chi connectivity index (χ1n) is 9.81. The van der Waals surface area contributed by atoms with Crippen molar-refractivity contribution in [2.24, 2.45) is 0 Å². The highest BCUT2D eigenvalue weighted by Gasteiger charge is 2.22. The quantitative estimate of drug-likeness (QED) is 0.347. The molecule has 5 rings (SSSR count). The predicted octanol–water partition coefficient (Wildman–Crippen LogP) is 4.31. The van der Waals surface area contributed by atoms with Crippen LogP contribution in [0.15, 0.2) is 64.4 Å². The second-order valence-corrected chi connectivity index (χ2v) is 9.09. The highest BCUT2D eigenvalue weighted by atomic mass is 79.9. The fourth-order valence-electron chi connectivity index (χ4n) is 3.83. The zero-order valence-corrected chi connectivity index (χ0v) is 18.6. The van der Waals surface area contributed by atoms with E-state index in [9.17, 15) is 4.79 Å². The predicted molar refractivity (Wildman–Crippen MR) is 125 cm³/mol. The maximum atomic E-state index is 12.8. The number of hydrogen-bond acceptors (Lipinski definition) is 5. The molecule has 2 aromatic carbocycles. The number of benzene rings is 2. The number of carbonyl (C=O) groups is 1. The van der Waals surface area contributed by atoms with Crippen molar-refractivity contribution >= 4 is 61.2 Å². The van der Waals surface area contributed by atoms with Crippen LogP contribution in [0.2, 0.25) is 0 Å². The molecule has 0 atom stereocenters. The Kier molecular flexibility index (Phi) is 5.35. The zero-order valence-electron chi connectivity index (χ0n) is 16.2. The molecule has 1 fully saturated rings. The molecule has 1 saturated heterocycles. The van der Waals surface area contributed by atoms with E-state index in [4.69, 9.17) is 0 Å². The molecule has 152 valence electrons. The number of hydrogen-bond donors (Lipinski definition) is 1. The second kappa shape index (κ2) is 8.28. The molecule has 2 aromatic heterocycles. The van der Waals surface area contributed by atoms with Gasteiger partial charge in [0.15, 0.2) is 0 Å². The van der Waals surface area contributed by atoms with Crippen LogP contribution >= 0.6 is 27.7 Å². The third-order valence-electron chi connectivity index (χ3n) is 5.39. The molecule has 30 heavy (non-hydrogen) atoms. The van der Waals surface area contributed by atoms with E-state index in [0.717, 1.165) is 57.6 Å². The second-order valence-electron chi connectivity index (χ2n) is 7.21. The van der Waals surface area contributed by atoms with E-state index in [1.807, 2.05) is 29.2 Å². The van der Waals surface area contributed by atoms with Gasteiger partial charge in [-0.15, -0.1) is 0 Å². The molecule has 0 unspecified atom stereocenters. The number of aromatic amines is 1. The summed E-state index contributed by atoms with van der Waals surface area (Å²) in [5.74, 6) is 0.523. The summed E-state index contributed by atoms with van der Waals surface area (Å²) < 4.78 is 1.01. The van der Waals surface area contributed by atoms with Gasteiger partial charge in [0.05, 0.1) is 11.3 Å². The Balaban J connectivity index is 1.26. The van der Waals surface area contributed by atoms with Crippen LogP contribution in [-0.2, 0) is 4.79 Å². The number of nitrogens with one attached hydrogen (secondary N) is 1. The lowest BCUT2D eigenvalue weighted by molar-refractivity contribution is -0.128. The van der Waals surface area contributed by atoms with E-state index in [1.54, 1.807) is 6.33 Å². The molecule has 4 aromatic rings. The Hall–Kier alpha value is -2.58. The van der Waals surface area contributed by atoms with Crippen LogP contribution in [-0.4, -0.2) is 57.7 Å². The minimum atomic E-state index is 0.151. The van der Waals surface area contributed by atoms with Gasteiger partial charge < -0.3 is 14.8 Å². The molecule has 1 N–H and O–H groups in total. The molecule has 0 bridgehead atoms. The summed E-state index contributed by atoms with van der Waals surface area (Å²) in [6.45, 7) is 3.20. The van der Waals surface area contributed by atoms with Crippen molar-refractivity contribution < 1.29 is 4.79 Å². The SMILES string of the molecule is O=C(CSc1ncnc2c1[nH]c1ccc(Br)cc12)N1CCN(c2ccccc2)CC1. The molecule has 1 amide bonds. The zero-order chi connectivity index (χ0) is 20.5. The Morgan fingerprint density at radius 1 is 1.07 bits per heavy atom. The van der Waals surface area contributed by atoms with Gasteiger partial charge in [-0.1, -0.05) is 45.9 Å². The molecular weight excluding hydrogens is 462 g/mol. The number of carbonyl (C=O) groups excluding carboxylic acids is 1. The first kappa shape index (κ1) is 19.4. The number of rotatable bonds is 4. The first-order valence-corrected chi connectivity index (χ1v) is 11.6. The number of thioether (sulfide) groups is 1. The minimum absolute atomic E-state index is 0.151. The number of aromatic nitrogens is 3. The van der Waals surface area contributed by atoms with Crippen LogP contribution in [0.3, 0.4) is 0 Å². The van der Waals surface area contributed by atoms with Crippen molar-refractivity contribution in [1.82, 2.24) is 19.9 Å². The van der Waals surface area contributed by atoms with Gasteiger partial charge in [0.25, 0.3) is 0 Å². The summed E-state index contributed by atoms with van der Waals surface area (Å²) >= 11 is 4.99. The Bertz CT molecular complexity index is 1200. The fraction of sp³-hybridized carbons (Fsp3) is 0.227. The number of amides is 1. The Labute approximate surface area is 186 Å². The molecule has 0 aliphatic carbocycles. The molecular formula is C22H20BrN5OS. The van der Waals surface area contributed by atoms with Crippen LogP contribution in [0.25, 0.3) is 21.9 Å². The van der Waals surface area contributed by atoms with Crippen molar-refractivity contribution in [3.63, 3.8) is 0 Å². The normalized spacial score (nSPS) is 14.6. The molecule has 3 heterocycles. The van der Waals surface area contributed by atoms with E-state index in [2.05, 4.69) is 60.0 Å². The first-order chi connectivity index (χ1) is 14.7. The Morgan fingerprint density at radius 3 is 2.67 bits per heavy atom. The number of halogens is 1. The van der Waals surface area contributed by atoms with Gasteiger partial charge in [-0.05, 0) is 30.3 Å². The van der Waals surface area contributed by atoms with Crippen LogP contribution in [0.4, 0.5) is 5.69 Å². The monoisotopic (exact) mass is 481 g/mol. The van der Waals surface area contributed by atoms with Crippen molar-refractivity contribution in [1.29, 1.82) is 0 Å². The fourth-order valence-corrected chi connectivity index (χ4v) is 5.04. The maximum absolute atomic E-state index is 12.8. The number of anilines is 1. The highest BCUT2D eigenvalue weighted by Crippen LogP contribution is 2.31. The van der Waals surface area contributed by atoms with Crippen molar-refractivity contribution in [3.05, 3.63) is 59.3 Å². The summed E-state index contributed by atoms with van der Waals surface area (Å²) in [5.41, 5.74) is 4.00. The van der Waals surface area contributed by atoms with Gasteiger partial charge in [-0.25, -0.2) is 9.97 Å². The summed E-state index contributed by atoms with van der Waals surface area (Å²) in [6, 6.07) is 16.4. The average molecular weight is 482 g/mol. The van der Waals surface area contributed by atoms with Crippen molar-refractivity contribution in [2.75, 3.05) is 36.8 Å². The number of H-pyrrole nitrogens is 1. The van der Waals surface area contributed by atoms with Crippen LogP contribution in [0, 0.1) is 0 Å². The van der Waals surface area contributed by atoms with Crippen LogP contribution in [0.5, 0.6) is 0 Å². The van der Waals surface area contributed by atoms with Gasteiger partial charge in [0.1, 0.15) is 16.9 Å². The number of para-hydroxylation sites is 1.